The van der Waals surface area contributed by atoms with Crippen LogP contribution in [0, 0.1) is 0 Å². The molecule has 0 spiro atoms. The molecule has 0 radical (unpaired) electrons. The van der Waals surface area contributed by atoms with E-state index in [-0.39, 0.29) is 25.2 Å². The molecule has 19 heavy (non-hydrogen) atoms. The lowest BCUT2D eigenvalue weighted by atomic mass is 10.2. The molecule has 0 atom stereocenters. The molecule has 7 heteroatoms. The summed E-state index contributed by atoms with van der Waals surface area (Å²) >= 11 is 0. The van der Waals surface area contributed by atoms with Crippen molar-refractivity contribution in [1.29, 1.82) is 0 Å². The van der Waals surface area contributed by atoms with Crippen LogP contribution in [0.2, 0.25) is 0 Å². The van der Waals surface area contributed by atoms with Crippen LogP contribution in [0.1, 0.15) is 12.8 Å². The summed E-state index contributed by atoms with van der Waals surface area (Å²) in [6.07, 6.45) is 0.309. The molecular weight excluding hydrogens is 250 g/mol. The first-order valence-corrected chi connectivity index (χ1v) is 6.47. The van der Waals surface area contributed by atoms with Gasteiger partial charge in [0.25, 0.3) is 0 Å². The molecule has 1 amide bonds. The van der Waals surface area contributed by atoms with Crippen molar-refractivity contribution in [3.63, 3.8) is 0 Å². The predicted molar refractivity (Wildman–Crippen MR) is 71.9 cm³/mol. The van der Waals surface area contributed by atoms with Gasteiger partial charge in [0.05, 0.1) is 33.0 Å². The summed E-state index contributed by atoms with van der Waals surface area (Å²) in [6, 6.07) is 0. The van der Waals surface area contributed by atoms with Crippen molar-refractivity contribution >= 4 is 11.7 Å². The minimum atomic E-state index is -0.449. The maximum absolute atomic E-state index is 11.2. The highest BCUT2D eigenvalue weighted by Crippen LogP contribution is 1.88. The van der Waals surface area contributed by atoms with Gasteiger partial charge in [-0.2, -0.15) is 0 Å². The molecule has 0 fully saturated rings. The van der Waals surface area contributed by atoms with Crippen LogP contribution < -0.4 is 16.4 Å². The molecule has 0 unspecified atom stereocenters. The largest absolute Gasteiger partial charge is 0.378 e. The molecule has 0 saturated carbocycles. The molecule has 0 aliphatic rings. The summed E-state index contributed by atoms with van der Waals surface area (Å²) in [5.74, 6) is -0.468. The molecular formula is C12H25N3O4. The Morgan fingerprint density at radius 3 is 2.21 bits per heavy atom. The summed E-state index contributed by atoms with van der Waals surface area (Å²) in [5.41, 5.74) is 4.95. The van der Waals surface area contributed by atoms with E-state index in [1.165, 1.54) is 0 Å². The number of carbonyl (C=O) groups is 2. The Hall–Kier alpha value is -1.02. The summed E-state index contributed by atoms with van der Waals surface area (Å²) in [6.45, 7) is 3.98. The first-order valence-electron chi connectivity index (χ1n) is 6.47. The van der Waals surface area contributed by atoms with Crippen molar-refractivity contribution in [3.8, 4) is 0 Å². The zero-order valence-electron chi connectivity index (χ0n) is 11.6. The van der Waals surface area contributed by atoms with Gasteiger partial charge >= 0.3 is 0 Å². The first-order chi connectivity index (χ1) is 9.16. The zero-order valence-corrected chi connectivity index (χ0v) is 11.6. The number of hydrogen-bond donors (Lipinski definition) is 3. The highest BCUT2D eigenvalue weighted by atomic mass is 16.5. The van der Waals surface area contributed by atoms with E-state index < -0.39 is 5.91 Å². The van der Waals surface area contributed by atoms with Crippen LogP contribution in [0.25, 0.3) is 0 Å². The number of ether oxygens (including phenoxy) is 2. The fourth-order valence-electron chi connectivity index (χ4n) is 1.22. The van der Waals surface area contributed by atoms with E-state index in [4.69, 9.17) is 15.2 Å². The first kappa shape index (κ1) is 18.0. The summed E-state index contributed by atoms with van der Waals surface area (Å²) in [5, 5.41) is 5.92. The Morgan fingerprint density at radius 2 is 1.63 bits per heavy atom. The Morgan fingerprint density at radius 1 is 1.00 bits per heavy atom. The second kappa shape index (κ2) is 13.4. The summed E-state index contributed by atoms with van der Waals surface area (Å²) < 4.78 is 10.6. The van der Waals surface area contributed by atoms with Gasteiger partial charge in [-0.3, -0.25) is 9.59 Å². The standard InChI is InChI=1S/C12H25N3O4/c1-14-4-6-18-8-9-19-7-5-15-10-11(16)2-3-12(13)17/h14-15H,2-10H2,1H3,(H2,13,17). The summed E-state index contributed by atoms with van der Waals surface area (Å²) in [7, 11) is 1.87. The number of nitrogens with two attached hydrogens (primary N) is 1. The zero-order chi connectivity index (χ0) is 14.3. The molecule has 0 saturated heterocycles. The predicted octanol–water partition coefficient (Wildman–Crippen LogP) is -1.34. The number of nitrogens with one attached hydrogen (secondary N) is 2. The SMILES string of the molecule is CNCCOCCOCCNCC(=O)CCC(N)=O. The monoisotopic (exact) mass is 275 g/mol. The Labute approximate surface area is 114 Å². The van der Waals surface area contributed by atoms with E-state index >= 15 is 0 Å². The van der Waals surface area contributed by atoms with Crippen LogP contribution in [-0.4, -0.2) is 64.8 Å². The van der Waals surface area contributed by atoms with E-state index in [2.05, 4.69) is 10.6 Å². The molecule has 0 heterocycles. The fourth-order valence-corrected chi connectivity index (χ4v) is 1.22. The molecule has 0 aliphatic carbocycles. The number of hydrogen-bond acceptors (Lipinski definition) is 6. The topological polar surface area (TPSA) is 103 Å². The fraction of sp³-hybridized carbons (Fsp3) is 0.833. The number of Topliss-reactive ketones (excluding diaryl/α,β-unsaturated/α-hetero) is 1. The molecule has 0 aliphatic heterocycles. The third-order valence-corrected chi connectivity index (χ3v) is 2.26. The lowest BCUT2D eigenvalue weighted by Crippen LogP contribution is -2.27. The van der Waals surface area contributed by atoms with Gasteiger partial charge in [0, 0.05) is 25.9 Å². The minimum absolute atomic E-state index is 0.0193. The van der Waals surface area contributed by atoms with Gasteiger partial charge in [-0.15, -0.1) is 0 Å². The van der Waals surface area contributed by atoms with E-state index in [1.807, 2.05) is 7.05 Å². The second-order valence-corrected chi connectivity index (χ2v) is 4.01. The van der Waals surface area contributed by atoms with Gasteiger partial charge < -0.3 is 25.8 Å². The van der Waals surface area contributed by atoms with Crippen LogP contribution in [-0.2, 0) is 19.1 Å². The third kappa shape index (κ3) is 14.9. The third-order valence-electron chi connectivity index (χ3n) is 2.26. The lowest BCUT2D eigenvalue weighted by molar-refractivity contribution is -0.123. The maximum atomic E-state index is 11.2. The smallest absolute Gasteiger partial charge is 0.217 e. The molecule has 7 nitrogen and oxygen atoms in total. The van der Waals surface area contributed by atoms with Gasteiger partial charge in [-0.05, 0) is 7.05 Å². The van der Waals surface area contributed by atoms with Gasteiger partial charge in [0.15, 0.2) is 0 Å². The molecule has 112 valence electrons. The average molecular weight is 275 g/mol. The highest BCUT2D eigenvalue weighted by Gasteiger charge is 2.03. The number of carbonyl (C=O) groups excluding carboxylic acids is 2. The van der Waals surface area contributed by atoms with Crippen LogP contribution in [0.15, 0.2) is 0 Å². The van der Waals surface area contributed by atoms with Gasteiger partial charge in [-0.25, -0.2) is 0 Å². The molecule has 4 N–H and O–H groups in total. The number of primary amides is 1. The molecule has 0 bridgehead atoms. The number of ketones is 1. The Kier molecular flexibility index (Phi) is 12.7. The quantitative estimate of drug-likeness (QED) is 0.339. The van der Waals surface area contributed by atoms with Gasteiger partial charge in [0.1, 0.15) is 5.78 Å². The number of rotatable bonds is 14. The number of amides is 1. The Bertz CT molecular complexity index is 249. The number of likely N-dealkylation sites (N-methyl/N-ethyl adjacent to an activating group) is 1. The maximum Gasteiger partial charge on any atom is 0.217 e. The van der Waals surface area contributed by atoms with E-state index in [0.717, 1.165) is 6.54 Å². The van der Waals surface area contributed by atoms with E-state index in [0.29, 0.717) is 33.0 Å². The summed E-state index contributed by atoms with van der Waals surface area (Å²) in [4.78, 5) is 21.7. The van der Waals surface area contributed by atoms with Crippen LogP contribution in [0.4, 0.5) is 0 Å². The Balaban J connectivity index is 3.13. The van der Waals surface area contributed by atoms with Crippen molar-refractivity contribution in [2.24, 2.45) is 5.73 Å². The van der Waals surface area contributed by atoms with Gasteiger partial charge in [-0.1, -0.05) is 0 Å². The molecule has 0 aromatic carbocycles. The average Bonchev–Trinajstić information content (AvgIpc) is 2.38. The van der Waals surface area contributed by atoms with E-state index in [9.17, 15) is 9.59 Å². The van der Waals surface area contributed by atoms with Crippen molar-refractivity contribution in [1.82, 2.24) is 10.6 Å². The lowest BCUT2D eigenvalue weighted by Gasteiger charge is -2.06. The molecule has 0 aromatic heterocycles. The van der Waals surface area contributed by atoms with Crippen molar-refractivity contribution in [2.45, 2.75) is 12.8 Å². The van der Waals surface area contributed by atoms with Crippen molar-refractivity contribution in [3.05, 3.63) is 0 Å². The highest BCUT2D eigenvalue weighted by molar-refractivity contribution is 5.85. The van der Waals surface area contributed by atoms with Crippen LogP contribution >= 0.6 is 0 Å². The van der Waals surface area contributed by atoms with Crippen molar-refractivity contribution in [2.75, 3.05) is 53.1 Å². The minimum Gasteiger partial charge on any atom is -0.378 e. The van der Waals surface area contributed by atoms with Crippen LogP contribution in [0.5, 0.6) is 0 Å². The van der Waals surface area contributed by atoms with Gasteiger partial charge in [0.2, 0.25) is 5.91 Å². The molecule has 0 aromatic rings. The van der Waals surface area contributed by atoms with Crippen LogP contribution in [0.3, 0.4) is 0 Å². The van der Waals surface area contributed by atoms with E-state index in [1.54, 1.807) is 0 Å². The molecule has 0 rings (SSSR count). The normalized spacial score (nSPS) is 10.6. The van der Waals surface area contributed by atoms with Crippen molar-refractivity contribution < 1.29 is 19.1 Å². The second-order valence-electron chi connectivity index (χ2n) is 4.01.